The molecule has 0 aliphatic carbocycles. The van der Waals surface area contributed by atoms with Gasteiger partial charge in [0, 0.05) is 24.3 Å². The third kappa shape index (κ3) is 4.97. The van der Waals surface area contributed by atoms with E-state index in [1.165, 1.54) is 5.56 Å². The van der Waals surface area contributed by atoms with Crippen LogP contribution >= 0.6 is 11.6 Å². The minimum absolute atomic E-state index is 0.0150. The monoisotopic (exact) mass is 357 g/mol. The van der Waals surface area contributed by atoms with Crippen LogP contribution in [0.1, 0.15) is 18.4 Å². The van der Waals surface area contributed by atoms with Crippen molar-refractivity contribution in [2.24, 2.45) is 5.92 Å². The van der Waals surface area contributed by atoms with Gasteiger partial charge in [0.15, 0.2) is 0 Å². The second-order valence-electron chi connectivity index (χ2n) is 6.58. The van der Waals surface area contributed by atoms with E-state index < -0.39 is 0 Å². The van der Waals surface area contributed by atoms with Crippen molar-refractivity contribution in [3.05, 3.63) is 65.2 Å². The lowest BCUT2D eigenvalue weighted by Gasteiger charge is -2.31. The first-order valence-corrected chi connectivity index (χ1v) is 9.06. The zero-order chi connectivity index (χ0) is 17.6. The second-order valence-corrected chi connectivity index (χ2v) is 7.02. The fourth-order valence-corrected chi connectivity index (χ4v) is 3.39. The maximum absolute atomic E-state index is 12.4. The molecule has 2 aromatic rings. The van der Waals surface area contributed by atoms with E-state index in [2.05, 4.69) is 34.9 Å². The molecular formula is C20H24ClN3O. The van der Waals surface area contributed by atoms with Crippen LogP contribution in [0.15, 0.2) is 54.6 Å². The predicted molar refractivity (Wildman–Crippen MR) is 103 cm³/mol. The van der Waals surface area contributed by atoms with E-state index >= 15 is 0 Å². The molecule has 1 aliphatic rings. The number of anilines is 1. The molecular weight excluding hydrogens is 334 g/mol. The zero-order valence-electron chi connectivity index (χ0n) is 14.4. The summed E-state index contributed by atoms with van der Waals surface area (Å²) in [5.41, 5.74) is 2.15. The molecule has 1 heterocycles. The van der Waals surface area contributed by atoms with Crippen LogP contribution in [0.3, 0.4) is 0 Å². The van der Waals surface area contributed by atoms with Gasteiger partial charge in [0.1, 0.15) is 0 Å². The Kier molecular flexibility index (Phi) is 5.95. The van der Waals surface area contributed by atoms with Gasteiger partial charge in [-0.05, 0) is 48.9 Å². The number of hydrogen-bond acceptors (Lipinski definition) is 2. The standard InChI is InChI=1S/C20H24ClN3O/c1-24(18-9-5-8-17(21)13-18)20(25)23-19-11-10-16(14-22-19)12-15-6-3-2-4-7-15/h2-9,13,16,19,22H,10-12,14H2,1H3,(H,23,25). The lowest BCUT2D eigenvalue weighted by atomic mass is 9.91. The van der Waals surface area contributed by atoms with Gasteiger partial charge in [-0.1, -0.05) is 48.0 Å². The van der Waals surface area contributed by atoms with Crippen molar-refractivity contribution in [3.8, 4) is 0 Å². The summed E-state index contributed by atoms with van der Waals surface area (Å²) in [6.45, 7) is 0.917. The number of halogens is 1. The molecule has 2 aromatic carbocycles. The Bertz CT molecular complexity index is 699. The summed E-state index contributed by atoms with van der Waals surface area (Å²) in [4.78, 5) is 14.0. The Morgan fingerprint density at radius 3 is 2.68 bits per heavy atom. The molecule has 4 nitrogen and oxygen atoms in total. The lowest BCUT2D eigenvalue weighted by molar-refractivity contribution is 0.228. The number of amides is 2. The zero-order valence-corrected chi connectivity index (χ0v) is 15.2. The number of nitrogens with zero attached hydrogens (tertiary/aromatic N) is 1. The van der Waals surface area contributed by atoms with Gasteiger partial charge in [0.05, 0.1) is 6.17 Å². The summed E-state index contributed by atoms with van der Waals surface area (Å²) in [5.74, 6) is 0.612. The molecule has 1 fully saturated rings. The minimum Gasteiger partial charge on any atom is -0.322 e. The molecule has 0 aromatic heterocycles. The largest absolute Gasteiger partial charge is 0.322 e. The predicted octanol–water partition coefficient (Wildman–Crippen LogP) is 4.05. The first-order chi connectivity index (χ1) is 12.1. The molecule has 0 saturated carbocycles. The Morgan fingerprint density at radius 1 is 1.20 bits per heavy atom. The lowest BCUT2D eigenvalue weighted by Crippen LogP contribution is -2.53. The fraction of sp³-hybridized carbons (Fsp3) is 0.350. The molecule has 132 valence electrons. The van der Waals surface area contributed by atoms with E-state index in [0.717, 1.165) is 31.5 Å². The quantitative estimate of drug-likeness (QED) is 0.866. The summed E-state index contributed by atoms with van der Waals surface area (Å²) in [6.07, 6.45) is 3.14. The van der Waals surface area contributed by atoms with E-state index in [0.29, 0.717) is 10.9 Å². The third-order valence-corrected chi connectivity index (χ3v) is 4.92. The smallest absolute Gasteiger partial charge is 0.322 e. The molecule has 1 saturated heterocycles. The topological polar surface area (TPSA) is 44.4 Å². The van der Waals surface area contributed by atoms with Crippen LogP contribution < -0.4 is 15.5 Å². The maximum Gasteiger partial charge on any atom is 0.322 e. The molecule has 2 amide bonds. The summed E-state index contributed by atoms with van der Waals surface area (Å²) in [6, 6.07) is 17.7. The van der Waals surface area contributed by atoms with Gasteiger partial charge in [-0.15, -0.1) is 0 Å². The van der Waals surface area contributed by atoms with Crippen molar-refractivity contribution < 1.29 is 4.79 Å². The number of benzene rings is 2. The molecule has 0 radical (unpaired) electrons. The fourth-order valence-electron chi connectivity index (χ4n) is 3.21. The van der Waals surface area contributed by atoms with Gasteiger partial charge in [-0.2, -0.15) is 0 Å². The van der Waals surface area contributed by atoms with E-state index in [1.54, 1.807) is 24.1 Å². The van der Waals surface area contributed by atoms with Gasteiger partial charge in [-0.25, -0.2) is 4.79 Å². The molecule has 25 heavy (non-hydrogen) atoms. The van der Waals surface area contributed by atoms with Gasteiger partial charge in [0.25, 0.3) is 0 Å². The Hall–Kier alpha value is -2.04. The average molecular weight is 358 g/mol. The van der Waals surface area contributed by atoms with Crippen LogP contribution in [-0.4, -0.2) is 25.8 Å². The van der Waals surface area contributed by atoms with Crippen molar-refractivity contribution in [2.75, 3.05) is 18.5 Å². The minimum atomic E-state index is -0.124. The van der Waals surface area contributed by atoms with Crippen molar-refractivity contribution in [1.82, 2.24) is 10.6 Å². The molecule has 2 N–H and O–H groups in total. The SMILES string of the molecule is CN(C(=O)NC1CCC(Cc2ccccc2)CN1)c1cccc(Cl)c1. The molecule has 1 aliphatic heterocycles. The van der Waals surface area contributed by atoms with Gasteiger partial charge in [0.2, 0.25) is 0 Å². The van der Waals surface area contributed by atoms with Gasteiger partial charge < -0.3 is 5.32 Å². The number of piperidine rings is 1. The van der Waals surface area contributed by atoms with Crippen LogP contribution in [0.25, 0.3) is 0 Å². The first-order valence-electron chi connectivity index (χ1n) is 8.69. The highest BCUT2D eigenvalue weighted by Gasteiger charge is 2.23. The van der Waals surface area contributed by atoms with Gasteiger partial charge >= 0.3 is 6.03 Å². The Morgan fingerprint density at radius 2 is 2.00 bits per heavy atom. The van der Waals surface area contributed by atoms with E-state index in [1.807, 2.05) is 18.2 Å². The normalized spacial score (nSPS) is 20.1. The molecule has 2 unspecified atom stereocenters. The summed E-state index contributed by atoms with van der Waals surface area (Å²) >= 11 is 6.00. The van der Waals surface area contributed by atoms with Crippen LogP contribution in [0, 0.1) is 5.92 Å². The van der Waals surface area contributed by atoms with Crippen molar-refractivity contribution in [1.29, 1.82) is 0 Å². The van der Waals surface area contributed by atoms with Crippen LogP contribution in [0.2, 0.25) is 5.02 Å². The third-order valence-electron chi connectivity index (χ3n) is 4.68. The van der Waals surface area contributed by atoms with Crippen molar-refractivity contribution >= 4 is 23.3 Å². The van der Waals surface area contributed by atoms with E-state index in [-0.39, 0.29) is 12.2 Å². The van der Waals surface area contributed by atoms with Crippen LogP contribution in [0.4, 0.5) is 10.5 Å². The molecule has 3 rings (SSSR count). The highest BCUT2D eigenvalue weighted by atomic mass is 35.5. The Labute approximate surface area is 154 Å². The number of nitrogens with one attached hydrogen (secondary N) is 2. The number of urea groups is 1. The highest BCUT2D eigenvalue weighted by Crippen LogP contribution is 2.20. The van der Waals surface area contributed by atoms with Crippen LogP contribution in [0.5, 0.6) is 0 Å². The van der Waals surface area contributed by atoms with Gasteiger partial charge in [-0.3, -0.25) is 10.2 Å². The molecule has 5 heteroatoms. The molecule has 2 atom stereocenters. The van der Waals surface area contributed by atoms with E-state index in [4.69, 9.17) is 11.6 Å². The Balaban J connectivity index is 1.47. The summed E-state index contributed by atoms with van der Waals surface area (Å²) in [7, 11) is 1.75. The first kappa shape index (κ1) is 17.8. The van der Waals surface area contributed by atoms with Crippen molar-refractivity contribution in [3.63, 3.8) is 0 Å². The number of carbonyl (C=O) groups is 1. The molecule has 0 bridgehead atoms. The summed E-state index contributed by atoms with van der Waals surface area (Å²) < 4.78 is 0. The van der Waals surface area contributed by atoms with E-state index in [9.17, 15) is 4.79 Å². The highest BCUT2D eigenvalue weighted by molar-refractivity contribution is 6.30. The second kappa shape index (κ2) is 8.37. The van der Waals surface area contributed by atoms with Crippen molar-refractivity contribution in [2.45, 2.75) is 25.4 Å². The average Bonchev–Trinajstić information content (AvgIpc) is 2.63. The van der Waals surface area contributed by atoms with Crippen LogP contribution in [-0.2, 0) is 6.42 Å². The number of carbonyl (C=O) groups excluding carboxylic acids is 1. The summed E-state index contributed by atoms with van der Waals surface area (Å²) in [5, 5.41) is 7.13. The number of rotatable bonds is 4. The number of hydrogen-bond donors (Lipinski definition) is 2. The maximum atomic E-state index is 12.4. The molecule has 0 spiro atoms.